The first-order chi connectivity index (χ1) is 15.3. The normalized spacial score (nSPS) is 15.4. The van der Waals surface area contributed by atoms with Crippen LogP contribution in [0.25, 0.3) is 6.08 Å². The number of imide groups is 1. The van der Waals surface area contributed by atoms with Crippen molar-refractivity contribution in [3.05, 3.63) is 100 Å². The Hall–Kier alpha value is -3.36. The molecule has 0 saturated carbocycles. The number of amides is 2. The molecule has 162 valence electrons. The summed E-state index contributed by atoms with van der Waals surface area (Å²) in [5, 5.41) is -0.378. The number of nitrogens with zero attached hydrogens (tertiary/aromatic N) is 1. The molecule has 1 aliphatic heterocycles. The maximum Gasteiger partial charge on any atom is 0.339 e. The maximum atomic E-state index is 12.9. The van der Waals surface area contributed by atoms with E-state index in [1.807, 2.05) is 31.2 Å². The third kappa shape index (κ3) is 4.76. The first-order valence-corrected chi connectivity index (χ1v) is 12.0. The molecule has 0 atom stereocenters. The van der Waals surface area contributed by atoms with Crippen molar-refractivity contribution >= 4 is 39.1 Å². The van der Waals surface area contributed by atoms with Gasteiger partial charge in [-0.05, 0) is 48.5 Å². The molecule has 1 saturated heterocycles. The van der Waals surface area contributed by atoms with E-state index in [0.717, 1.165) is 22.9 Å². The zero-order valence-electron chi connectivity index (χ0n) is 17.1. The lowest BCUT2D eigenvalue weighted by Crippen LogP contribution is -2.27. The minimum absolute atomic E-state index is 0.0215. The Balaban J connectivity index is 1.59. The second-order valence-corrected chi connectivity index (χ2v) is 9.68. The number of carbonyl (C=O) groups excluding carboxylic acids is 2. The third-order valence-electron chi connectivity index (χ3n) is 4.77. The van der Waals surface area contributed by atoms with Gasteiger partial charge in [0.1, 0.15) is 10.6 Å². The van der Waals surface area contributed by atoms with Gasteiger partial charge < -0.3 is 4.18 Å². The molecule has 32 heavy (non-hydrogen) atoms. The SMILES string of the molecule is Cc1ccc(CN2C(=O)S/C(=C\c3ccccc3OS(=O)(=O)c3ccccc3)C2=O)cc1. The number of thioether (sulfide) groups is 1. The summed E-state index contributed by atoms with van der Waals surface area (Å²) in [4.78, 5) is 26.7. The van der Waals surface area contributed by atoms with Gasteiger partial charge >= 0.3 is 10.1 Å². The molecular formula is C24H19NO5S2. The lowest BCUT2D eigenvalue weighted by molar-refractivity contribution is -0.123. The summed E-state index contributed by atoms with van der Waals surface area (Å²) in [6.45, 7) is 2.13. The van der Waals surface area contributed by atoms with E-state index >= 15 is 0 Å². The van der Waals surface area contributed by atoms with Crippen LogP contribution in [0, 0.1) is 6.92 Å². The highest BCUT2D eigenvalue weighted by molar-refractivity contribution is 8.18. The molecule has 2 amide bonds. The molecule has 8 heteroatoms. The first kappa shape index (κ1) is 21.9. The minimum atomic E-state index is -4.05. The predicted octanol–water partition coefficient (Wildman–Crippen LogP) is 5.00. The van der Waals surface area contributed by atoms with E-state index < -0.39 is 16.0 Å². The Morgan fingerprint density at radius 3 is 2.28 bits per heavy atom. The molecule has 1 fully saturated rings. The molecule has 3 aromatic carbocycles. The lowest BCUT2D eigenvalue weighted by Gasteiger charge is -2.12. The molecule has 0 radical (unpaired) electrons. The molecule has 0 spiro atoms. The Kier molecular flexibility index (Phi) is 6.16. The smallest absolute Gasteiger partial charge is 0.339 e. The summed E-state index contributed by atoms with van der Waals surface area (Å²) >= 11 is 0.816. The van der Waals surface area contributed by atoms with Gasteiger partial charge in [-0.15, -0.1) is 0 Å². The Morgan fingerprint density at radius 2 is 1.56 bits per heavy atom. The van der Waals surface area contributed by atoms with Crippen LogP contribution < -0.4 is 4.18 Å². The zero-order chi connectivity index (χ0) is 22.7. The molecule has 0 aromatic heterocycles. The average molecular weight is 466 g/mol. The van der Waals surface area contributed by atoms with Gasteiger partial charge in [0.2, 0.25) is 0 Å². The van der Waals surface area contributed by atoms with E-state index in [1.54, 1.807) is 36.4 Å². The number of para-hydroxylation sites is 1. The fourth-order valence-electron chi connectivity index (χ4n) is 3.08. The molecule has 1 heterocycles. The summed E-state index contributed by atoms with van der Waals surface area (Å²) in [6.07, 6.45) is 1.48. The number of hydrogen-bond donors (Lipinski definition) is 0. The van der Waals surface area contributed by atoms with Gasteiger partial charge in [0, 0.05) is 5.56 Å². The number of rotatable bonds is 6. The predicted molar refractivity (Wildman–Crippen MR) is 123 cm³/mol. The number of aryl methyl sites for hydroxylation is 1. The van der Waals surface area contributed by atoms with Gasteiger partial charge in [0.25, 0.3) is 11.1 Å². The number of benzene rings is 3. The minimum Gasteiger partial charge on any atom is -0.378 e. The molecule has 0 N–H and O–H groups in total. The molecule has 0 unspecified atom stereocenters. The van der Waals surface area contributed by atoms with Crippen molar-refractivity contribution in [3.63, 3.8) is 0 Å². The van der Waals surface area contributed by atoms with E-state index in [1.165, 1.54) is 29.2 Å². The van der Waals surface area contributed by atoms with Crippen molar-refractivity contribution in [2.45, 2.75) is 18.4 Å². The number of hydrogen-bond acceptors (Lipinski definition) is 6. The van der Waals surface area contributed by atoms with E-state index in [-0.39, 0.29) is 27.3 Å². The van der Waals surface area contributed by atoms with Crippen LogP contribution in [-0.2, 0) is 21.5 Å². The second kappa shape index (κ2) is 9.02. The van der Waals surface area contributed by atoms with Gasteiger partial charge in [-0.25, -0.2) is 0 Å². The molecule has 0 bridgehead atoms. The summed E-state index contributed by atoms with van der Waals surface area (Å²) in [5.41, 5.74) is 2.31. The highest BCUT2D eigenvalue weighted by Crippen LogP contribution is 2.35. The second-order valence-electron chi connectivity index (χ2n) is 7.14. The van der Waals surface area contributed by atoms with E-state index in [0.29, 0.717) is 5.56 Å². The zero-order valence-corrected chi connectivity index (χ0v) is 18.7. The van der Waals surface area contributed by atoms with Crippen LogP contribution in [0.15, 0.2) is 88.7 Å². The van der Waals surface area contributed by atoms with Crippen LogP contribution in [0.4, 0.5) is 4.79 Å². The Morgan fingerprint density at radius 1 is 0.906 bits per heavy atom. The summed E-state index contributed by atoms with van der Waals surface area (Å²) in [7, 11) is -4.05. The fourth-order valence-corrected chi connectivity index (χ4v) is 4.89. The summed E-state index contributed by atoms with van der Waals surface area (Å²) < 4.78 is 30.6. The van der Waals surface area contributed by atoms with Gasteiger partial charge in [-0.2, -0.15) is 8.42 Å². The van der Waals surface area contributed by atoms with Crippen LogP contribution in [0.5, 0.6) is 5.75 Å². The van der Waals surface area contributed by atoms with Gasteiger partial charge in [0.05, 0.1) is 11.4 Å². The highest BCUT2D eigenvalue weighted by atomic mass is 32.2. The molecule has 6 nitrogen and oxygen atoms in total. The summed E-state index contributed by atoms with van der Waals surface area (Å²) in [6, 6.07) is 21.9. The molecular weight excluding hydrogens is 446 g/mol. The van der Waals surface area contributed by atoms with Crippen LogP contribution in [0.3, 0.4) is 0 Å². The van der Waals surface area contributed by atoms with E-state index in [4.69, 9.17) is 4.18 Å². The topological polar surface area (TPSA) is 80.8 Å². The van der Waals surface area contributed by atoms with Crippen LogP contribution in [0.2, 0.25) is 0 Å². The van der Waals surface area contributed by atoms with Crippen molar-refractivity contribution < 1.29 is 22.2 Å². The largest absolute Gasteiger partial charge is 0.378 e. The van der Waals surface area contributed by atoms with Crippen molar-refractivity contribution in [1.82, 2.24) is 4.90 Å². The molecule has 0 aliphatic carbocycles. The third-order valence-corrected chi connectivity index (χ3v) is 6.93. The Bertz CT molecular complexity index is 1300. The molecule has 4 rings (SSSR count). The summed E-state index contributed by atoms with van der Waals surface area (Å²) in [5.74, 6) is -0.358. The molecule has 3 aromatic rings. The van der Waals surface area contributed by atoms with E-state index in [2.05, 4.69) is 0 Å². The monoisotopic (exact) mass is 465 g/mol. The van der Waals surface area contributed by atoms with Crippen molar-refractivity contribution in [3.8, 4) is 5.75 Å². The van der Waals surface area contributed by atoms with Gasteiger partial charge in [0.15, 0.2) is 0 Å². The van der Waals surface area contributed by atoms with Crippen LogP contribution in [0.1, 0.15) is 16.7 Å². The maximum absolute atomic E-state index is 12.9. The first-order valence-electron chi connectivity index (χ1n) is 9.73. The lowest BCUT2D eigenvalue weighted by atomic mass is 10.1. The number of carbonyl (C=O) groups is 2. The van der Waals surface area contributed by atoms with Gasteiger partial charge in [-0.1, -0.05) is 66.2 Å². The van der Waals surface area contributed by atoms with E-state index in [9.17, 15) is 18.0 Å². The van der Waals surface area contributed by atoms with Crippen molar-refractivity contribution in [2.75, 3.05) is 0 Å². The van der Waals surface area contributed by atoms with Crippen molar-refractivity contribution in [2.24, 2.45) is 0 Å². The molecule has 1 aliphatic rings. The highest BCUT2D eigenvalue weighted by Gasteiger charge is 2.35. The Labute approximate surface area is 190 Å². The average Bonchev–Trinajstić information content (AvgIpc) is 3.04. The fraction of sp³-hybridized carbons (Fsp3) is 0.0833. The van der Waals surface area contributed by atoms with Crippen LogP contribution >= 0.6 is 11.8 Å². The standard InChI is InChI=1S/C24H19NO5S2/c1-17-11-13-18(14-12-17)16-25-23(26)22(31-24(25)27)15-19-7-5-6-10-21(19)30-32(28,29)20-8-3-2-4-9-20/h2-15H,16H2,1H3/b22-15-. The van der Waals surface area contributed by atoms with Crippen molar-refractivity contribution in [1.29, 1.82) is 0 Å². The van der Waals surface area contributed by atoms with Gasteiger partial charge in [-0.3, -0.25) is 14.5 Å². The van der Waals surface area contributed by atoms with Crippen LogP contribution in [-0.4, -0.2) is 24.5 Å². The quantitative estimate of drug-likeness (QED) is 0.376.